The fraction of sp³-hybridized carbons (Fsp3) is 0.571. The minimum atomic E-state index is -0.496. The highest BCUT2D eigenvalue weighted by Crippen LogP contribution is 2.29. The Morgan fingerprint density at radius 2 is 2.29 bits per heavy atom. The van der Waals surface area contributed by atoms with Gasteiger partial charge in [-0.3, -0.25) is 9.78 Å². The lowest BCUT2D eigenvalue weighted by Gasteiger charge is -2.24. The molecule has 21 heavy (non-hydrogen) atoms. The monoisotopic (exact) mass is 335 g/mol. The van der Waals surface area contributed by atoms with Gasteiger partial charge in [0.15, 0.2) is 6.10 Å². The quantitative estimate of drug-likeness (QED) is 0.912. The van der Waals surface area contributed by atoms with E-state index in [1.165, 1.54) is 0 Å². The van der Waals surface area contributed by atoms with Gasteiger partial charge in [-0.05, 0) is 37.4 Å². The van der Waals surface area contributed by atoms with Crippen LogP contribution in [0.5, 0.6) is 5.75 Å². The normalized spacial score (nSPS) is 22.0. The summed E-state index contributed by atoms with van der Waals surface area (Å²) < 4.78 is 5.61. The van der Waals surface area contributed by atoms with Crippen molar-refractivity contribution in [3.05, 3.63) is 24.5 Å². The van der Waals surface area contributed by atoms with Gasteiger partial charge >= 0.3 is 0 Å². The van der Waals surface area contributed by atoms with Gasteiger partial charge in [0.25, 0.3) is 5.91 Å². The molecule has 1 amide bonds. The molecule has 0 aliphatic carbocycles. The number of hydrogen-bond acceptors (Lipinski definition) is 4. The van der Waals surface area contributed by atoms with Crippen molar-refractivity contribution in [1.82, 2.24) is 9.88 Å². The number of ether oxygens (including phenoxy) is 1. The third-order valence-electron chi connectivity index (χ3n) is 3.66. The lowest BCUT2D eigenvalue weighted by molar-refractivity contribution is -0.137. The Morgan fingerprint density at radius 1 is 1.57 bits per heavy atom. The first-order chi connectivity index (χ1) is 9.04. The summed E-state index contributed by atoms with van der Waals surface area (Å²) in [4.78, 5) is 18.1. The molecule has 1 aliphatic heterocycles. The maximum absolute atomic E-state index is 12.3. The first-order valence-electron chi connectivity index (χ1n) is 6.60. The molecule has 1 aliphatic rings. The van der Waals surface area contributed by atoms with Crippen LogP contribution in [-0.4, -0.2) is 41.5 Å². The second-order valence-electron chi connectivity index (χ2n) is 5.47. The van der Waals surface area contributed by atoms with Crippen LogP contribution in [0.25, 0.3) is 0 Å². The average molecular weight is 336 g/mol. The molecule has 1 saturated heterocycles. The van der Waals surface area contributed by atoms with E-state index in [0.29, 0.717) is 18.8 Å². The van der Waals surface area contributed by atoms with Gasteiger partial charge in [-0.1, -0.05) is 6.92 Å². The zero-order valence-corrected chi connectivity index (χ0v) is 14.0. The number of carbonyl (C=O) groups excluding carboxylic acids is 1. The molecular formula is C14H23Cl2N3O2. The SMILES string of the molecule is CC(Oc1cccnc1)C(=O)N1CCC(C)(CN)C1.Cl.Cl. The molecule has 2 rings (SSSR count). The molecule has 0 radical (unpaired) electrons. The van der Waals surface area contributed by atoms with Crippen LogP contribution in [-0.2, 0) is 4.79 Å². The molecule has 2 N–H and O–H groups in total. The maximum atomic E-state index is 12.3. The number of amides is 1. The summed E-state index contributed by atoms with van der Waals surface area (Å²) in [5.41, 5.74) is 5.80. The molecular weight excluding hydrogens is 313 g/mol. The van der Waals surface area contributed by atoms with Crippen LogP contribution < -0.4 is 10.5 Å². The number of nitrogens with zero attached hydrogens (tertiary/aromatic N) is 2. The molecule has 1 aromatic rings. The van der Waals surface area contributed by atoms with Crippen LogP contribution >= 0.6 is 24.8 Å². The standard InChI is InChI=1S/C14H21N3O2.2ClH/c1-11(19-12-4-3-6-16-8-12)13(18)17-7-5-14(2,9-15)10-17;;/h3-4,6,8,11H,5,7,9-10,15H2,1-2H3;2*1H. The molecule has 0 spiro atoms. The van der Waals surface area contributed by atoms with E-state index in [9.17, 15) is 4.79 Å². The van der Waals surface area contributed by atoms with E-state index in [-0.39, 0.29) is 36.1 Å². The van der Waals surface area contributed by atoms with Crippen molar-refractivity contribution < 1.29 is 9.53 Å². The Labute approximate surface area is 138 Å². The third kappa shape index (κ3) is 5.02. The van der Waals surface area contributed by atoms with Gasteiger partial charge in [-0.25, -0.2) is 0 Å². The highest BCUT2D eigenvalue weighted by Gasteiger charge is 2.36. The Hall–Kier alpha value is -1.04. The van der Waals surface area contributed by atoms with E-state index >= 15 is 0 Å². The van der Waals surface area contributed by atoms with E-state index in [2.05, 4.69) is 11.9 Å². The molecule has 0 saturated carbocycles. The number of carbonyl (C=O) groups is 1. The second kappa shape index (κ2) is 8.41. The molecule has 1 aromatic heterocycles. The summed E-state index contributed by atoms with van der Waals surface area (Å²) in [6.45, 7) is 5.96. The van der Waals surface area contributed by atoms with Crippen molar-refractivity contribution in [3.63, 3.8) is 0 Å². The predicted octanol–water partition coefficient (Wildman–Crippen LogP) is 1.89. The topological polar surface area (TPSA) is 68.5 Å². The molecule has 5 nitrogen and oxygen atoms in total. The third-order valence-corrected chi connectivity index (χ3v) is 3.66. The van der Waals surface area contributed by atoms with Crippen LogP contribution in [0.15, 0.2) is 24.5 Å². The van der Waals surface area contributed by atoms with E-state index in [4.69, 9.17) is 10.5 Å². The summed E-state index contributed by atoms with van der Waals surface area (Å²) in [5.74, 6) is 0.630. The van der Waals surface area contributed by atoms with E-state index in [0.717, 1.165) is 13.0 Å². The lowest BCUT2D eigenvalue weighted by atomic mass is 9.90. The molecule has 2 heterocycles. The number of rotatable bonds is 4. The van der Waals surface area contributed by atoms with E-state index in [1.807, 2.05) is 4.90 Å². The molecule has 7 heteroatoms. The van der Waals surface area contributed by atoms with E-state index < -0.39 is 6.10 Å². The Morgan fingerprint density at radius 3 is 2.81 bits per heavy atom. The van der Waals surface area contributed by atoms with Gasteiger partial charge in [0.05, 0.1) is 6.20 Å². The van der Waals surface area contributed by atoms with Crippen molar-refractivity contribution in [2.75, 3.05) is 19.6 Å². The minimum absolute atomic E-state index is 0. The highest BCUT2D eigenvalue weighted by molar-refractivity contribution is 5.85. The van der Waals surface area contributed by atoms with Crippen LogP contribution in [0.2, 0.25) is 0 Å². The number of hydrogen-bond donors (Lipinski definition) is 1. The number of pyridine rings is 1. The summed E-state index contributed by atoms with van der Waals surface area (Å²) >= 11 is 0. The summed E-state index contributed by atoms with van der Waals surface area (Å²) in [5, 5.41) is 0. The van der Waals surface area contributed by atoms with Crippen molar-refractivity contribution in [2.24, 2.45) is 11.1 Å². The number of likely N-dealkylation sites (tertiary alicyclic amines) is 1. The summed E-state index contributed by atoms with van der Waals surface area (Å²) in [6.07, 6.45) is 3.74. The zero-order chi connectivity index (χ0) is 13.9. The maximum Gasteiger partial charge on any atom is 0.263 e. The van der Waals surface area contributed by atoms with Gasteiger partial charge in [-0.2, -0.15) is 0 Å². The summed E-state index contributed by atoms with van der Waals surface area (Å²) in [7, 11) is 0. The largest absolute Gasteiger partial charge is 0.479 e. The fourth-order valence-electron chi connectivity index (χ4n) is 2.31. The van der Waals surface area contributed by atoms with Gasteiger partial charge in [-0.15, -0.1) is 24.8 Å². The Kier molecular flexibility index (Phi) is 8.00. The Bertz CT molecular complexity index is 447. The second-order valence-corrected chi connectivity index (χ2v) is 5.47. The van der Waals surface area contributed by atoms with Crippen LogP contribution in [0, 0.1) is 5.41 Å². The average Bonchev–Trinajstić information content (AvgIpc) is 2.82. The van der Waals surface area contributed by atoms with Gasteiger partial charge in [0.1, 0.15) is 5.75 Å². The van der Waals surface area contributed by atoms with Gasteiger partial charge < -0.3 is 15.4 Å². The van der Waals surface area contributed by atoms with Crippen molar-refractivity contribution >= 4 is 30.7 Å². The molecule has 1 fully saturated rings. The lowest BCUT2D eigenvalue weighted by Crippen LogP contribution is -2.41. The Balaban J connectivity index is 0.00000200. The van der Waals surface area contributed by atoms with Crippen LogP contribution in [0.1, 0.15) is 20.3 Å². The molecule has 2 unspecified atom stereocenters. The zero-order valence-electron chi connectivity index (χ0n) is 12.3. The van der Waals surface area contributed by atoms with Crippen molar-refractivity contribution in [3.8, 4) is 5.75 Å². The molecule has 120 valence electrons. The first-order valence-corrected chi connectivity index (χ1v) is 6.60. The van der Waals surface area contributed by atoms with Crippen molar-refractivity contribution in [1.29, 1.82) is 0 Å². The smallest absolute Gasteiger partial charge is 0.263 e. The van der Waals surface area contributed by atoms with Crippen LogP contribution in [0.4, 0.5) is 0 Å². The molecule has 0 bridgehead atoms. The van der Waals surface area contributed by atoms with Gasteiger partial charge in [0, 0.05) is 19.3 Å². The van der Waals surface area contributed by atoms with Crippen LogP contribution in [0.3, 0.4) is 0 Å². The van der Waals surface area contributed by atoms with Crippen molar-refractivity contribution in [2.45, 2.75) is 26.4 Å². The number of halogens is 2. The predicted molar refractivity (Wildman–Crippen MR) is 87.2 cm³/mol. The van der Waals surface area contributed by atoms with E-state index in [1.54, 1.807) is 31.5 Å². The van der Waals surface area contributed by atoms with Gasteiger partial charge in [0.2, 0.25) is 0 Å². The number of nitrogens with two attached hydrogens (primary N) is 1. The number of aromatic nitrogens is 1. The fourth-order valence-corrected chi connectivity index (χ4v) is 2.31. The summed E-state index contributed by atoms with van der Waals surface area (Å²) in [6, 6.07) is 3.58. The molecule has 2 atom stereocenters. The first kappa shape index (κ1) is 20.0. The highest BCUT2D eigenvalue weighted by atomic mass is 35.5. The molecule has 0 aromatic carbocycles. The minimum Gasteiger partial charge on any atom is -0.479 e.